The van der Waals surface area contributed by atoms with Crippen molar-refractivity contribution in [3.05, 3.63) is 131 Å². The summed E-state index contributed by atoms with van der Waals surface area (Å²) in [5, 5.41) is 14.3. The van der Waals surface area contributed by atoms with E-state index in [1.807, 2.05) is 102 Å². The Hall–Kier alpha value is -4.36. The van der Waals surface area contributed by atoms with Crippen LogP contribution in [0.3, 0.4) is 0 Å². The summed E-state index contributed by atoms with van der Waals surface area (Å²) in [6.07, 6.45) is 0. The SMILES string of the molecule is CCOC(=O)C1=NN(c2ccc(C)cc2)[C@@]2(S1)c1ccccc1C(c1ccccc1)=NN2c1ccccc1. The Bertz CT molecular complexity index is 1540. The van der Waals surface area contributed by atoms with E-state index in [1.165, 1.54) is 11.8 Å². The standard InChI is InChI=1S/C31H26N4O2S/c1-3-37-30(36)29-33-35(25-20-18-22(2)19-21-25)31(38-29)27-17-11-10-16-26(27)28(23-12-6-4-7-13-23)32-34(31)24-14-8-5-9-15-24/h4-21H,3H2,1-2H3/t31-/m1/s1. The summed E-state index contributed by atoms with van der Waals surface area (Å²) in [6.45, 7) is 4.12. The van der Waals surface area contributed by atoms with Crippen molar-refractivity contribution in [2.45, 2.75) is 18.8 Å². The van der Waals surface area contributed by atoms with E-state index in [0.717, 1.165) is 39.3 Å². The molecule has 0 saturated carbocycles. The molecule has 2 heterocycles. The van der Waals surface area contributed by atoms with Gasteiger partial charge in [-0.3, -0.25) is 0 Å². The number of benzene rings is 4. The van der Waals surface area contributed by atoms with Crippen molar-refractivity contribution in [1.29, 1.82) is 0 Å². The Morgan fingerprint density at radius 2 is 1.39 bits per heavy atom. The Morgan fingerprint density at radius 1 is 0.789 bits per heavy atom. The second-order valence-corrected chi connectivity index (χ2v) is 10.2. The lowest BCUT2D eigenvalue weighted by Crippen LogP contribution is -2.54. The van der Waals surface area contributed by atoms with E-state index in [4.69, 9.17) is 14.9 Å². The number of hydrogen-bond donors (Lipinski definition) is 0. The highest BCUT2D eigenvalue weighted by Gasteiger charge is 2.56. The van der Waals surface area contributed by atoms with Gasteiger partial charge in [0.25, 0.3) is 0 Å². The molecule has 4 aromatic rings. The predicted octanol–water partition coefficient (Wildman–Crippen LogP) is 6.51. The van der Waals surface area contributed by atoms with Crippen molar-refractivity contribution >= 4 is 39.9 Å². The van der Waals surface area contributed by atoms with E-state index >= 15 is 0 Å². The zero-order valence-electron chi connectivity index (χ0n) is 21.1. The molecule has 0 aliphatic carbocycles. The molecule has 0 amide bonds. The van der Waals surface area contributed by atoms with Crippen molar-refractivity contribution in [3.63, 3.8) is 0 Å². The van der Waals surface area contributed by atoms with E-state index in [0.29, 0.717) is 0 Å². The largest absolute Gasteiger partial charge is 0.461 e. The fourth-order valence-electron chi connectivity index (χ4n) is 4.77. The Morgan fingerprint density at radius 3 is 2.11 bits per heavy atom. The maximum Gasteiger partial charge on any atom is 0.365 e. The molecule has 0 unspecified atom stereocenters. The van der Waals surface area contributed by atoms with Crippen LogP contribution >= 0.6 is 11.8 Å². The molecule has 0 aromatic heterocycles. The number of ether oxygens (including phenoxy) is 1. The highest BCUT2D eigenvalue weighted by Crippen LogP contribution is 2.55. The molecule has 0 fully saturated rings. The van der Waals surface area contributed by atoms with Crippen LogP contribution in [0, 0.1) is 6.92 Å². The normalized spacial score (nSPS) is 18.2. The maximum absolute atomic E-state index is 13.1. The first kappa shape index (κ1) is 24.0. The molecule has 2 aliphatic rings. The zero-order chi connectivity index (χ0) is 26.1. The number of nitrogens with zero attached hydrogens (tertiary/aromatic N) is 4. The summed E-state index contributed by atoms with van der Waals surface area (Å²) < 4.78 is 5.41. The van der Waals surface area contributed by atoms with E-state index < -0.39 is 11.0 Å². The second kappa shape index (κ2) is 9.84. The molecule has 0 bridgehead atoms. The van der Waals surface area contributed by atoms with Gasteiger partial charge in [-0.1, -0.05) is 90.5 Å². The third kappa shape index (κ3) is 3.96. The summed E-state index contributed by atoms with van der Waals surface area (Å²) in [5.41, 5.74) is 6.67. The highest BCUT2D eigenvalue weighted by molar-refractivity contribution is 8.16. The topological polar surface area (TPSA) is 57.5 Å². The molecule has 7 heteroatoms. The van der Waals surface area contributed by atoms with Crippen LogP contribution in [-0.4, -0.2) is 23.3 Å². The van der Waals surface area contributed by atoms with E-state index in [9.17, 15) is 4.79 Å². The average molecular weight is 519 g/mol. The molecule has 4 aromatic carbocycles. The first-order valence-electron chi connectivity index (χ1n) is 12.5. The van der Waals surface area contributed by atoms with Crippen molar-refractivity contribution in [3.8, 4) is 0 Å². The molecule has 0 radical (unpaired) electrons. The predicted molar refractivity (Wildman–Crippen MR) is 154 cm³/mol. The number of para-hydroxylation sites is 1. The van der Waals surface area contributed by atoms with Crippen LogP contribution in [0.15, 0.2) is 119 Å². The van der Waals surface area contributed by atoms with Gasteiger partial charge < -0.3 is 4.74 Å². The summed E-state index contributed by atoms with van der Waals surface area (Å²) in [7, 11) is 0. The Labute approximate surface area is 226 Å². The van der Waals surface area contributed by atoms with Crippen molar-refractivity contribution in [2.75, 3.05) is 16.6 Å². The quantitative estimate of drug-likeness (QED) is 0.282. The van der Waals surface area contributed by atoms with E-state index in [1.54, 1.807) is 6.92 Å². The van der Waals surface area contributed by atoms with Crippen LogP contribution in [0.25, 0.3) is 0 Å². The molecular formula is C31H26N4O2S. The third-order valence-corrected chi connectivity index (χ3v) is 7.81. The molecule has 0 N–H and O–H groups in total. The number of anilines is 2. The van der Waals surface area contributed by atoms with Crippen LogP contribution in [0.5, 0.6) is 0 Å². The minimum atomic E-state index is -1.01. The number of aryl methyl sites for hydroxylation is 1. The second-order valence-electron chi connectivity index (χ2n) is 8.99. The molecule has 6 nitrogen and oxygen atoms in total. The fraction of sp³-hybridized carbons (Fsp3) is 0.129. The highest BCUT2D eigenvalue weighted by atomic mass is 32.2. The minimum Gasteiger partial charge on any atom is -0.461 e. The molecule has 1 atom stereocenters. The molecule has 38 heavy (non-hydrogen) atoms. The van der Waals surface area contributed by atoms with E-state index in [2.05, 4.69) is 24.3 Å². The molecule has 6 rings (SSSR count). The van der Waals surface area contributed by atoms with Crippen LogP contribution in [-0.2, 0) is 14.5 Å². The van der Waals surface area contributed by atoms with Gasteiger partial charge in [-0.25, -0.2) is 14.8 Å². The number of hydrogen-bond acceptors (Lipinski definition) is 7. The van der Waals surface area contributed by atoms with Crippen molar-refractivity contribution in [2.24, 2.45) is 10.2 Å². The van der Waals surface area contributed by atoms with Gasteiger partial charge >= 0.3 is 5.97 Å². The smallest absolute Gasteiger partial charge is 0.365 e. The van der Waals surface area contributed by atoms with Crippen LogP contribution < -0.4 is 10.0 Å². The molecule has 188 valence electrons. The van der Waals surface area contributed by atoms with Gasteiger partial charge in [-0.05, 0) is 49.9 Å². The van der Waals surface area contributed by atoms with Crippen molar-refractivity contribution < 1.29 is 9.53 Å². The summed E-state index contributed by atoms with van der Waals surface area (Å²) >= 11 is 1.35. The van der Waals surface area contributed by atoms with Gasteiger partial charge in [0.2, 0.25) is 10.0 Å². The van der Waals surface area contributed by atoms with Gasteiger partial charge in [0.1, 0.15) is 0 Å². The molecule has 2 aliphatic heterocycles. The van der Waals surface area contributed by atoms with Crippen LogP contribution in [0.1, 0.15) is 29.2 Å². The van der Waals surface area contributed by atoms with Gasteiger partial charge in [0.15, 0.2) is 0 Å². The first-order chi connectivity index (χ1) is 18.6. The average Bonchev–Trinajstić information content (AvgIpc) is 3.36. The maximum atomic E-state index is 13.1. The van der Waals surface area contributed by atoms with Crippen LogP contribution in [0.4, 0.5) is 11.4 Å². The zero-order valence-corrected chi connectivity index (χ0v) is 21.9. The lowest BCUT2D eigenvalue weighted by Gasteiger charge is -2.47. The fourth-order valence-corrected chi connectivity index (χ4v) is 6.06. The van der Waals surface area contributed by atoms with Gasteiger partial charge in [0.05, 0.1) is 23.7 Å². The minimum absolute atomic E-state index is 0.269. The van der Waals surface area contributed by atoms with Gasteiger partial charge in [-0.2, -0.15) is 10.2 Å². The van der Waals surface area contributed by atoms with Gasteiger partial charge in [-0.15, -0.1) is 0 Å². The first-order valence-corrected chi connectivity index (χ1v) is 13.3. The monoisotopic (exact) mass is 518 g/mol. The number of fused-ring (bicyclic) bond motifs is 2. The number of esters is 1. The summed E-state index contributed by atoms with van der Waals surface area (Å²) in [4.78, 5) is 12.1. The number of thioether (sulfide) groups is 1. The lowest BCUT2D eigenvalue weighted by atomic mass is 9.93. The van der Waals surface area contributed by atoms with Gasteiger partial charge in [0, 0.05) is 16.7 Å². The Kier molecular flexibility index (Phi) is 6.21. The summed E-state index contributed by atoms with van der Waals surface area (Å²) in [6, 6.07) is 36.6. The number of rotatable bonds is 5. The summed E-state index contributed by atoms with van der Waals surface area (Å²) in [5.74, 6) is -0.449. The van der Waals surface area contributed by atoms with E-state index in [-0.39, 0.29) is 11.7 Å². The van der Waals surface area contributed by atoms with Crippen LogP contribution in [0.2, 0.25) is 0 Å². The number of carbonyl (C=O) groups excluding carboxylic acids is 1. The lowest BCUT2D eigenvalue weighted by molar-refractivity contribution is -0.134. The molecular weight excluding hydrogens is 492 g/mol. The van der Waals surface area contributed by atoms with Crippen molar-refractivity contribution in [1.82, 2.24) is 0 Å². The number of hydrazone groups is 2. The number of carbonyl (C=O) groups is 1. The Balaban J connectivity index is 1.64. The molecule has 0 saturated heterocycles. The molecule has 1 spiro atoms. The third-order valence-electron chi connectivity index (χ3n) is 6.51.